The van der Waals surface area contributed by atoms with Crippen LogP contribution in [-0.4, -0.2) is 72.4 Å². The summed E-state index contributed by atoms with van der Waals surface area (Å²) in [5.41, 5.74) is 1.80. The number of ether oxygens (including phenoxy) is 1. The van der Waals surface area contributed by atoms with Gasteiger partial charge in [0.15, 0.2) is 0 Å². The maximum atomic E-state index is 12.3. The molecule has 28 heavy (non-hydrogen) atoms. The molecule has 6 nitrogen and oxygen atoms in total. The molecule has 156 valence electrons. The van der Waals surface area contributed by atoms with Gasteiger partial charge in [0.05, 0.1) is 12.5 Å². The molecule has 4 rings (SSSR count). The lowest BCUT2D eigenvalue weighted by Gasteiger charge is -2.49. The van der Waals surface area contributed by atoms with Crippen molar-refractivity contribution in [3.8, 4) is 0 Å². The maximum Gasteiger partial charge on any atom is 0.490 e. The van der Waals surface area contributed by atoms with Crippen LogP contribution in [-0.2, 0) is 20.9 Å². The van der Waals surface area contributed by atoms with E-state index in [0.29, 0.717) is 17.9 Å². The van der Waals surface area contributed by atoms with Gasteiger partial charge in [0, 0.05) is 38.2 Å². The summed E-state index contributed by atoms with van der Waals surface area (Å²) < 4.78 is 37.1. The lowest BCUT2D eigenvalue weighted by molar-refractivity contribution is -0.192. The van der Waals surface area contributed by atoms with Crippen LogP contribution in [0.3, 0.4) is 0 Å². The van der Waals surface area contributed by atoms with Gasteiger partial charge in [0.1, 0.15) is 0 Å². The van der Waals surface area contributed by atoms with Gasteiger partial charge >= 0.3 is 12.1 Å². The van der Waals surface area contributed by atoms with Crippen molar-refractivity contribution in [1.29, 1.82) is 0 Å². The summed E-state index contributed by atoms with van der Waals surface area (Å²) in [6.45, 7) is 6.69. The molecule has 1 aromatic heterocycles. The number of carbonyl (C=O) groups excluding carboxylic acids is 1. The smallest absolute Gasteiger partial charge is 0.475 e. The number of halogens is 3. The third kappa shape index (κ3) is 5.03. The average molecular weight is 420 g/mol. The van der Waals surface area contributed by atoms with Crippen molar-refractivity contribution >= 4 is 23.2 Å². The highest BCUT2D eigenvalue weighted by Crippen LogP contribution is 2.41. The Bertz CT molecular complexity index is 684. The highest BCUT2D eigenvalue weighted by molar-refractivity contribution is 7.07. The molecule has 1 spiro atoms. The molecule has 0 bridgehead atoms. The predicted octanol–water partition coefficient (Wildman–Crippen LogP) is 2.45. The highest BCUT2D eigenvalue weighted by Gasteiger charge is 2.50. The molecule has 3 aliphatic heterocycles. The fourth-order valence-corrected chi connectivity index (χ4v) is 4.63. The number of amides is 1. The van der Waals surface area contributed by atoms with E-state index in [2.05, 4.69) is 26.6 Å². The van der Waals surface area contributed by atoms with E-state index in [9.17, 15) is 18.0 Å². The zero-order chi connectivity index (χ0) is 20.4. The van der Waals surface area contributed by atoms with Gasteiger partial charge < -0.3 is 14.7 Å². The van der Waals surface area contributed by atoms with E-state index in [0.717, 1.165) is 39.2 Å². The van der Waals surface area contributed by atoms with Crippen molar-refractivity contribution in [3.05, 3.63) is 22.4 Å². The van der Waals surface area contributed by atoms with Crippen molar-refractivity contribution in [1.82, 2.24) is 9.80 Å². The standard InChI is InChI=1S/C16H22N2O2S.C2HF3O2/c19-15(14-1-5-20-8-14)18-11-16(12-18)3-4-17(10-16)7-13-2-6-21-9-13;3-2(4,5)1(6)7/h2,6,9,14H,1,3-5,7-8,10-12H2;(H,6,7). The van der Waals surface area contributed by atoms with Crippen LogP contribution in [0.2, 0.25) is 0 Å². The van der Waals surface area contributed by atoms with E-state index >= 15 is 0 Å². The van der Waals surface area contributed by atoms with Gasteiger partial charge in [-0.05, 0) is 41.8 Å². The van der Waals surface area contributed by atoms with E-state index in [4.69, 9.17) is 14.6 Å². The Hall–Kier alpha value is -1.65. The monoisotopic (exact) mass is 420 g/mol. The normalized spacial score (nSPS) is 24.0. The number of nitrogens with zero attached hydrogens (tertiary/aromatic N) is 2. The predicted molar refractivity (Wildman–Crippen MR) is 95.8 cm³/mol. The molecule has 1 amide bonds. The van der Waals surface area contributed by atoms with Gasteiger partial charge in [-0.3, -0.25) is 9.69 Å². The Kier molecular flexibility index (Phi) is 6.31. The first-order valence-electron chi connectivity index (χ1n) is 9.09. The zero-order valence-electron chi connectivity index (χ0n) is 15.3. The second-order valence-corrected chi connectivity index (χ2v) is 8.43. The van der Waals surface area contributed by atoms with Crippen LogP contribution in [0.1, 0.15) is 18.4 Å². The molecule has 0 saturated carbocycles. The molecular formula is C18H23F3N2O4S. The van der Waals surface area contributed by atoms with Gasteiger partial charge in [-0.1, -0.05) is 0 Å². The molecule has 1 unspecified atom stereocenters. The molecule has 0 aliphatic carbocycles. The van der Waals surface area contributed by atoms with Crippen molar-refractivity contribution in [2.75, 3.05) is 39.4 Å². The summed E-state index contributed by atoms with van der Waals surface area (Å²) >= 11 is 1.77. The molecule has 3 aliphatic rings. The summed E-state index contributed by atoms with van der Waals surface area (Å²) in [5, 5.41) is 11.5. The summed E-state index contributed by atoms with van der Waals surface area (Å²) in [6.07, 6.45) is -2.94. The minimum atomic E-state index is -5.08. The van der Waals surface area contributed by atoms with E-state index in [1.807, 2.05) is 0 Å². The van der Waals surface area contributed by atoms with Crippen LogP contribution in [0.15, 0.2) is 16.8 Å². The number of likely N-dealkylation sites (tertiary alicyclic amines) is 2. The number of carbonyl (C=O) groups is 2. The van der Waals surface area contributed by atoms with E-state index in [1.54, 1.807) is 11.3 Å². The molecule has 3 saturated heterocycles. The number of hydrogen-bond donors (Lipinski definition) is 1. The summed E-state index contributed by atoms with van der Waals surface area (Å²) in [7, 11) is 0. The van der Waals surface area contributed by atoms with Crippen LogP contribution in [0.5, 0.6) is 0 Å². The van der Waals surface area contributed by atoms with E-state index in [1.165, 1.54) is 18.5 Å². The van der Waals surface area contributed by atoms with Crippen molar-refractivity contribution < 1.29 is 32.6 Å². The largest absolute Gasteiger partial charge is 0.490 e. The molecule has 10 heteroatoms. The number of thiophene rings is 1. The van der Waals surface area contributed by atoms with Gasteiger partial charge in [-0.25, -0.2) is 4.79 Å². The van der Waals surface area contributed by atoms with Crippen LogP contribution in [0.4, 0.5) is 13.2 Å². The molecule has 1 atom stereocenters. The Morgan fingerprint density at radius 2 is 2.04 bits per heavy atom. The van der Waals surface area contributed by atoms with Gasteiger partial charge in [-0.15, -0.1) is 0 Å². The third-order valence-corrected chi connectivity index (χ3v) is 6.12. The SMILES string of the molecule is O=C(C1CCOC1)N1CC2(CCN(Cc3ccsc3)C2)C1.O=C(O)C(F)(F)F. The molecule has 0 radical (unpaired) electrons. The van der Waals surface area contributed by atoms with Crippen LogP contribution in [0.25, 0.3) is 0 Å². The van der Waals surface area contributed by atoms with Crippen LogP contribution in [0, 0.1) is 11.3 Å². The van der Waals surface area contributed by atoms with Crippen molar-refractivity contribution in [2.45, 2.75) is 25.6 Å². The first-order valence-corrected chi connectivity index (χ1v) is 10.0. The topological polar surface area (TPSA) is 70.1 Å². The van der Waals surface area contributed by atoms with Crippen LogP contribution >= 0.6 is 11.3 Å². The van der Waals surface area contributed by atoms with Gasteiger partial charge in [0.2, 0.25) is 5.91 Å². The van der Waals surface area contributed by atoms with E-state index < -0.39 is 12.1 Å². The Balaban J connectivity index is 0.000000279. The lowest BCUT2D eigenvalue weighted by Crippen LogP contribution is -2.60. The van der Waals surface area contributed by atoms with E-state index in [-0.39, 0.29) is 5.92 Å². The number of hydrogen-bond acceptors (Lipinski definition) is 5. The minimum absolute atomic E-state index is 0.130. The number of aliphatic carboxylic acids is 1. The average Bonchev–Trinajstić information content (AvgIpc) is 3.35. The van der Waals surface area contributed by atoms with Crippen molar-refractivity contribution in [2.24, 2.45) is 11.3 Å². The quantitative estimate of drug-likeness (QED) is 0.814. The molecule has 0 aromatic carbocycles. The first-order chi connectivity index (χ1) is 13.2. The second-order valence-electron chi connectivity index (χ2n) is 7.65. The summed E-state index contributed by atoms with van der Waals surface area (Å²) in [5.74, 6) is -2.30. The molecule has 3 fully saturated rings. The number of carboxylic acid groups (broad SMARTS) is 1. The summed E-state index contributed by atoms with van der Waals surface area (Å²) in [4.78, 5) is 25.8. The lowest BCUT2D eigenvalue weighted by atomic mass is 9.78. The minimum Gasteiger partial charge on any atom is -0.475 e. The maximum absolute atomic E-state index is 12.3. The zero-order valence-corrected chi connectivity index (χ0v) is 16.1. The number of alkyl halides is 3. The Morgan fingerprint density at radius 3 is 2.57 bits per heavy atom. The molecule has 1 N–H and O–H groups in total. The number of carboxylic acids is 1. The molecule has 4 heterocycles. The van der Waals surface area contributed by atoms with Gasteiger partial charge in [0.25, 0.3) is 0 Å². The third-order valence-electron chi connectivity index (χ3n) is 5.39. The number of rotatable bonds is 3. The first kappa shape index (κ1) is 21.1. The second kappa shape index (κ2) is 8.38. The fourth-order valence-electron chi connectivity index (χ4n) is 3.97. The van der Waals surface area contributed by atoms with Gasteiger partial charge in [-0.2, -0.15) is 24.5 Å². The van der Waals surface area contributed by atoms with Crippen molar-refractivity contribution in [3.63, 3.8) is 0 Å². The molecule has 1 aromatic rings. The van der Waals surface area contributed by atoms with Crippen LogP contribution < -0.4 is 0 Å². The Labute approximate surface area is 164 Å². The Morgan fingerprint density at radius 1 is 1.32 bits per heavy atom. The fraction of sp³-hybridized carbons (Fsp3) is 0.667. The highest BCUT2D eigenvalue weighted by atomic mass is 32.1. The summed E-state index contributed by atoms with van der Waals surface area (Å²) in [6, 6.07) is 2.21. The molecular weight excluding hydrogens is 397 g/mol.